The minimum absolute atomic E-state index is 0.00352. The third-order valence-electron chi connectivity index (χ3n) is 3.03. The molecule has 5 nitrogen and oxygen atoms in total. The van der Waals surface area contributed by atoms with Crippen LogP contribution in [0.15, 0.2) is 12.1 Å². The van der Waals surface area contributed by atoms with Crippen molar-refractivity contribution in [3.8, 4) is 0 Å². The summed E-state index contributed by atoms with van der Waals surface area (Å²) >= 11 is 6.11. The van der Waals surface area contributed by atoms with Crippen LogP contribution >= 0.6 is 11.6 Å². The molecule has 0 saturated heterocycles. The van der Waals surface area contributed by atoms with Crippen molar-refractivity contribution in [1.82, 2.24) is 9.97 Å². The van der Waals surface area contributed by atoms with Crippen LogP contribution in [0.4, 0.5) is 5.69 Å². The molecule has 0 aliphatic heterocycles. The number of aryl methyl sites for hydroxylation is 1. The van der Waals surface area contributed by atoms with Gasteiger partial charge in [-0.3, -0.25) is 10.1 Å². The lowest BCUT2D eigenvalue weighted by Gasteiger charge is -2.05. The molecule has 18 heavy (non-hydrogen) atoms. The molecule has 0 bridgehead atoms. The molecule has 3 rings (SSSR count). The van der Waals surface area contributed by atoms with Gasteiger partial charge in [-0.2, -0.15) is 0 Å². The van der Waals surface area contributed by atoms with Gasteiger partial charge in [0.2, 0.25) is 0 Å². The molecule has 1 heterocycles. The van der Waals surface area contributed by atoms with E-state index in [2.05, 4.69) is 9.97 Å². The van der Waals surface area contributed by atoms with Crippen molar-refractivity contribution in [3.05, 3.63) is 38.8 Å². The van der Waals surface area contributed by atoms with Crippen LogP contribution in [0.3, 0.4) is 0 Å². The van der Waals surface area contributed by atoms with Gasteiger partial charge in [-0.15, -0.1) is 0 Å². The van der Waals surface area contributed by atoms with Crippen LogP contribution in [0.2, 0.25) is 5.15 Å². The summed E-state index contributed by atoms with van der Waals surface area (Å²) in [7, 11) is 0. The van der Waals surface area contributed by atoms with E-state index in [0.717, 1.165) is 18.4 Å². The van der Waals surface area contributed by atoms with E-state index in [4.69, 9.17) is 11.6 Å². The highest BCUT2D eigenvalue weighted by atomic mass is 35.5. The summed E-state index contributed by atoms with van der Waals surface area (Å²) in [4.78, 5) is 19.2. The van der Waals surface area contributed by atoms with Gasteiger partial charge >= 0.3 is 0 Å². The zero-order chi connectivity index (χ0) is 12.9. The van der Waals surface area contributed by atoms with Gasteiger partial charge in [0.1, 0.15) is 11.0 Å². The number of hydrogen-bond donors (Lipinski definition) is 0. The maximum Gasteiger partial charge on any atom is 0.295 e. The molecule has 1 saturated carbocycles. The molecule has 1 fully saturated rings. The Kier molecular flexibility index (Phi) is 2.45. The molecule has 1 aliphatic rings. The number of nitro benzene ring substituents is 1. The minimum atomic E-state index is -0.421. The molecule has 1 aromatic carbocycles. The minimum Gasteiger partial charge on any atom is -0.258 e. The second-order valence-corrected chi connectivity index (χ2v) is 4.94. The van der Waals surface area contributed by atoms with Crippen LogP contribution in [0.5, 0.6) is 0 Å². The fraction of sp³-hybridized carbons (Fsp3) is 0.333. The van der Waals surface area contributed by atoms with Crippen LogP contribution in [-0.2, 0) is 0 Å². The molecular weight excluding hydrogens is 254 g/mol. The molecule has 1 aromatic heterocycles. The van der Waals surface area contributed by atoms with Crippen LogP contribution in [0.25, 0.3) is 10.9 Å². The average molecular weight is 264 g/mol. The fourth-order valence-corrected chi connectivity index (χ4v) is 2.23. The second-order valence-electron chi connectivity index (χ2n) is 4.58. The van der Waals surface area contributed by atoms with Crippen LogP contribution in [0.1, 0.15) is 30.1 Å². The molecule has 0 atom stereocenters. The quantitative estimate of drug-likeness (QED) is 0.473. The lowest BCUT2D eigenvalue weighted by molar-refractivity contribution is -0.383. The Morgan fingerprint density at radius 3 is 2.72 bits per heavy atom. The summed E-state index contributed by atoms with van der Waals surface area (Å²) in [5.74, 6) is 0.937. The molecule has 0 unspecified atom stereocenters. The van der Waals surface area contributed by atoms with Crippen LogP contribution in [-0.4, -0.2) is 14.9 Å². The topological polar surface area (TPSA) is 68.9 Å². The van der Waals surface area contributed by atoms with Crippen molar-refractivity contribution in [1.29, 1.82) is 0 Å². The zero-order valence-electron chi connectivity index (χ0n) is 9.68. The van der Waals surface area contributed by atoms with E-state index in [1.165, 1.54) is 6.07 Å². The van der Waals surface area contributed by atoms with E-state index in [0.29, 0.717) is 27.8 Å². The Balaban J connectivity index is 2.35. The van der Waals surface area contributed by atoms with Crippen molar-refractivity contribution < 1.29 is 4.92 Å². The highest BCUT2D eigenvalue weighted by Gasteiger charge is 2.29. The van der Waals surface area contributed by atoms with Gasteiger partial charge < -0.3 is 0 Å². The van der Waals surface area contributed by atoms with E-state index in [1.807, 2.05) is 0 Å². The van der Waals surface area contributed by atoms with Gasteiger partial charge in [-0.1, -0.05) is 11.6 Å². The summed E-state index contributed by atoms with van der Waals surface area (Å²) < 4.78 is 0. The summed E-state index contributed by atoms with van der Waals surface area (Å²) in [6.45, 7) is 1.79. The lowest BCUT2D eigenvalue weighted by atomic mass is 10.1. The first kappa shape index (κ1) is 11.3. The van der Waals surface area contributed by atoms with Crippen molar-refractivity contribution in [2.75, 3.05) is 0 Å². The smallest absolute Gasteiger partial charge is 0.258 e. The van der Waals surface area contributed by atoms with E-state index in [9.17, 15) is 10.1 Å². The van der Waals surface area contributed by atoms with Gasteiger partial charge in [0, 0.05) is 17.4 Å². The first-order chi connectivity index (χ1) is 8.56. The predicted molar refractivity (Wildman–Crippen MR) is 67.9 cm³/mol. The number of benzene rings is 1. The van der Waals surface area contributed by atoms with Crippen LogP contribution < -0.4 is 0 Å². The van der Waals surface area contributed by atoms with Crippen molar-refractivity contribution >= 4 is 28.2 Å². The molecule has 0 N–H and O–H groups in total. The molecule has 92 valence electrons. The first-order valence-electron chi connectivity index (χ1n) is 5.68. The third-order valence-corrected chi connectivity index (χ3v) is 3.32. The molecule has 2 aromatic rings. The maximum absolute atomic E-state index is 11.1. The van der Waals surface area contributed by atoms with Gasteiger partial charge in [-0.25, -0.2) is 9.97 Å². The lowest BCUT2D eigenvalue weighted by Crippen LogP contribution is -1.99. The van der Waals surface area contributed by atoms with Gasteiger partial charge in [-0.05, 0) is 31.4 Å². The number of non-ortho nitro benzene ring substituents is 1. The normalized spacial score (nSPS) is 15.0. The Morgan fingerprint density at radius 2 is 2.11 bits per heavy atom. The molecule has 0 amide bonds. The van der Waals surface area contributed by atoms with Gasteiger partial charge in [0.25, 0.3) is 5.69 Å². The number of hydrogen-bond acceptors (Lipinski definition) is 4. The van der Waals surface area contributed by atoms with Crippen molar-refractivity contribution in [2.24, 2.45) is 0 Å². The largest absolute Gasteiger partial charge is 0.295 e. The first-order valence-corrected chi connectivity index (χ1v) is 6.06. The number of nitrogens with zero attached hydrogens (tertiary/aromatic N) is 3. The number of aromatic nitrogens is 2. The Morgan fingerprint density at radius 1 is 1.39 bits per heavy atom. The summed E-state index contributed by atoms with van der Waals surface area (Å²) in [5, 5.41) is 11.9. The second kappa shape index (κ2) is 3.88. The summed E-state index contributed by atoms with van der Waals surface area (Å²) in [5.41, 5.74) is 1.11. The SMILES string of the molecule is Cc1cc([N+](=O)[O-])c2nc(C3CC3)nc(Cl)c2c1. The average Bonchev–Trinajstić information content (AvgIpc) is 3.12. The maximum atomic E-state index is 11.1. The number of fused-ring (bicyclic) bond motifs is 1. The van der Waals surface area contributed by atoms with Crippen molar-refractivity contribution in [3.63, 3.8) is 0 Å². The highest BCUT2D eigenvalue weighted by Crippen LogP contribution is 2.40. The monoisotopic (exact) mass is 263 g/mol. The van der Waals surface area contributed by atoms with E-state index < -0.39 is 4.92 Å². The number of halogens is 1. The van der Waals surface area contributed by atoms with E-state index >= 15 is 0 Å². The van der Waals surface area contributed by atoms with Gasteiger partial charge in [0.15, 0.2) is 5.52 Å². The highest BCUT2D eigenvalue weighted by molar-refractivity contribution is 6.34. The summed E-state index contributed by atoms with van der Waals surface area (Å²) in [6.07, 6.45) is 2.06. The van der Waals surface area contributed by atoms with E-state index in [-0.39, 0.29) is 5.69 Å². The molecule has 0 radical (unpaired) electrons. The third kappa shape index (κ3) is 1.80. The Bertz CT molecular complexity index is 668. The van der Waals surface area contributed by atoms with Crippen LogP contribution in [0, 0.1) is 17.0 Å². The van der Waals surface area contributed by atoms with Gasteiger partial charge in [0.05, 0.1) is 4.92 Å². The Hall–Kier alpha value is -1.75. The Labute approximate surface area is 108 Å². The predicted octanol–water partition coefficient (Wildman–Crippen LogP) is 3.38. The molecule has 0 spiro atoms. The standard InChI is InChI=1S/C12H10ClN3O2/c1-6-4-8-10(9(5-6)16(17)18)14-12(7-2-3-7)15-11(8)13/h4-5,7H,2-3H2,1H3. The molecule has 6 heteroatoms. The summed E-state index contributed by atoms with van der Waals surface area (Å²) in [6, 6.07) is 3.30. The zero-order valence-corrected chi connectivity index (χ0v) is 10.4. The van der Waals surface area contributed by atoms with E-state index in [1.54, 1.807) is 13.0 Å². The van der Waals surface area contributed by atoms with Crippen molar-refractivity contribution in [2.45, 2.75) is 25.7 Å². The molecular formula is C12H10ClN3O2. The fourth-order valence-electron chi connectivity index (χ4n) is 2.00. The molecule has 1 aliphatic carbocycles. The number of rotatable bonds is 2. The number of nitro groups is 1.